The molecule has 1 aliphatic rings. The van der Waals surface area contributed by atoms with Crippen molar-refractivity contribution in [3.8, 4) is 0 Å². The van der Waals surface area contributed by atoms with Crippen molar-refractivity contribution < 1.29 is 4.74 Å². The molecular weight excluding hydrogens is 100 g/mol. The Morgan fingerprint density at radius 1 is 1.75 bits per heavy atom. The first kappa shape index (κ1) is 5.83. The zero-order chi connectivity index (χ0) is 5.98. The second-order valence-corrected chi connectivity index (χ2v) is 2.25. The van der Waals surface area contributed by atoms with E-state index in [9.17, 15) is 0 Å². The monoisotopic (exact) mass is 112 g/mol. The lowest BCUT2D eigenvalue weighted by molar-refractivity contribution is 0.132. The second-order valence-electron chi connectivity index (χ2n) is 2.25. The Morgan fingerprint density at radius 2 is 2.50 bits per heavy atom. The van der Waals surface area contributed by atoms with E-state index in [1.807, 2.05) is 0 Å². The predicted molar refractivity (Wildman–Crippen MR) is 33.8 cm³/mol. The number of allylic oxidation sites excluding steroid dienone is 1. The lowest BCUT2D eigenvalue weighted by atomic mass is 10.2. The minimum atomic E-state index is 0.426. The molecule has 0 fully saturated rings. The molecule has 46 valence electrons. The lowest BCUT2D eigenvalue weighted by Gasteiger charge is -2.07. The summed E-state index contributed by atoms with van der Waals surface area (Å²) in [5.74, 6) is 0. The number of rotatable bonds is 1. The molecule has 8 heavy (non-hydrogen) atoms. The molecule has 1 atom stereocenters. The molecular formula is C7H12O. The summed E-state index contributed by atoms with van der Waals surface area (Å²) in [4.78, 5) is 0. The molecule has 0 spiro atoms. The Labute approximate surface area is 50.3 Å². The zero-order valence-corrected chi connectivity index (χ0v) is 5.48. The first-order valence-electron chi connectivity index (χ1n) is 3.04. The summed E-state index contributed by atoms with van der Waals surface area (Å²) in [5.41, 5.74) is 1.40. The predicted octanol–water partition coefficient (Wildman–Crippen LogP) is 1.74. The van der Waals surface area contributed by atoms with E-state index >= 15 is 0 Å². The molecule has 0 aromatic rings. The highest BCUT2D eigenvalue weighted by Gasteiger charge is 2.12. The maximum Gasteiger partial charge on any atom is 0.0781 e. The van der Waals surface area contributed by atoms with Gasteiger partial charge >= 0.3 is 0 Å². The van der Waals surface area contributed by atoms with Gasteiger partial charge in [0, 0.05) is 7.11 Å². The molecule has 1 heteroatoms. The minimum absolute atomic E-state index is 0.426. The summed E-state index contributed by atoms with van der Waals surface area (Å²) in [6, 6.07) is 0. The third-order valence-corrected chi connectivity index (χ3v) is 1.69. The average Bonchev–Trinajstić information content (AvgIpc) is 2.14. The maximum absolute atomic E-state index is 5.16. The fourth-order valence-electron chi connectivity index (χ4n) is 1.13. The van der Waals surface area contributed by atoms with Crippen molar-refractivity contribution in [2.75, 3.05) is 7.11 Å². The van der Waals surface area contributed by atoms with Crippen molar-refractivity contribution in [1.82, 2.24) is 0 Å². The quantitative estimate of drug-likeness (QED) is 0.469. The summed E-state index contributed by atoms with van der Waals surface area (Å²) in [6.07, 6.45) is 5.05. The van der Waals surface area contributed by atoms with Crippen molar-refractivity contribution in [3.05, 3.63) is 11.6 Å². The standard InChI is InChI=1S/C7H12O/c1-6-4-3-5-7(6)8-2/h4,7H,3,5H2,1-2H3. The number of ether oxygens (including phenoxy) is 1. The molecule has 0 heterocycles. The van der Waals surface area contributed by atoms with Gasteiger partial charge in [-0.1, -0.05) is 6.08 Å². The summed E-state index contributed by atoms with van der Waals surface area (Å²) in [5, 5.41) is 0. The van der Waals surface area contributed by atoms with Crippen molar-refractivity contribution in [2.24, 2.45) is 0 Å². The molecule has 0 N–H and O–H groups in total. The van der Waals surface area contributed by atoms with E-state index in [0.717, 1.165) is 0 Å². The molecule has 0 aromatic carbocycles. The van der Waals surface area contributed by atoms with E-state index in [0.29, 0.717) is 6.10 Å². The van der Waals surface area contributed by atoms with E-state index in [1.54, 1.807) is 7.11 Å². The molecule has 0 bridgehead atoms. The van der Waals surface area contributed by atoms with Crippen LogP contribution in [0.3, 0.4) is 0 Å². The fraction of sp³-hybridized carbons (Fsp3) is 0.714. The SMILES string of the molecule is COC1CCC=C1C. The minimum Gasteiger partial charge on any atom is -0.377 e. The first-order chi connectivity index (χ1) is 3.84. The smallest absolute Gasteiger partial charge is 0.0781 e. The number of hydrogen-bond donors (Lipinski definition) is 0. The Hall–Kier alpha value is -0.300. The van der Waals surface area contributed by atoms with E-state index in [1.165, 1.54) is 18.4 Å². The Morgan fingerprint density at radius 3 is 2.75 bits per heavy atom. The van der Waals surface area contributed by atoms with E-state index in [-0.39, 0.29) is 0 Å². The Balaban J connectivity index is 2.46. The van der Waals surface area contributed by atoms with Crippen molar-refractivity contribution in [1.29, 1.82) is 0 Å². The summed E-state index contributed by atoms with van der Waals surface area (Å²) in [6.45, 7) is 2.13. The Bertz CT molecular complexity index is 105. The fourth-order valence-corrected chi connectivity index (χ4v) is 1.13. The van der Waals surface area contributed by atoms with Gasteiger partial charge in [-0.2, -0.15) is 0 Å². The van der Waals surface area contributed by atoms with Crippen LogP contribution in [0.25, 0.3) is 0 Å². The van der Waals surface area contributed by atoms with Gasteiger partial charge in [0.25, 0.3) is 0 Å². The van der Waals surface area contributed by atoms with Crippen LogP contribution in [0, 0.1) is 0 Å². The van der Waals surface area contributed by atoms with Crippen LogP contribution in [-0.2, 0) is 4.74 Å². The first-order valence-corrected chi connectivity index (χ1v) is 3.04. The number of hydrogen-bond acceptors (Lipinski definition) is 1. The molecule has 0 aliphatic heterocycles. The normalized spacial score (nSPS) is 28.2. The third kappa shape index (κ3) is 0.920. The van der Waals surface area contributed by atoms with E-state index in [4.69, 9.17) is 4.74 Å². The molecule has 0 saturated heterocycles. The Kier molecular flexibility index (Phi) is 1.69. The van der Waals surface area contributed by atoms with Crippen LogP contribution in [0.5, 0.6) is 0 Å². The van der Waals surface area contributed by atoms with Crippen LogP contribution < -0.4 is 0 Å². The lowest BCUT2D eigenvalue weighted by Crippen LogP contribution is -2.05. The van der Waals surface area contributed by atoms with Crippen molar-refractivity contribution >= 4 is 0 Å². The summed E-state index contributed by atoms with van der Waals surface area (Å²) >= 11 is 0. The highest BCUT2D eigenvalue weighted by Crippen LogP contribution is 2.19. The molecule has 0 radical (unpaired) electrons. The highest BCUT2D eigenvalue weighted by molar-refractivity contribution is 5.10. The van der Waals surface area contributed by atoms with Crippen LogP contribution >= 0.6 is 0 Å². The molecule has 1 nitrogen and oxygen atoms in total. The van der Waals surface area contributed by atoms with E-state index in [2.05, 4.69) is 13.0 Å². The van der Waals surface area contributed by atoms with Gasteiger partial charge in [-0.05, 0) is 25.3 Å². The van der Waals surface area contributed by atoms with Crippen LogP contribution in [0.2, 0.25) is 0 Å². The van der Waals surface area contributed by atoms with Gasteiger partial charge in [0.2, 0.25) is 0 Å². The molecule has 0 aromatic heterocycles. The van der Waals surface area contributed by atoms with Gasteiger partial charge in [-0.25, -0.2) is 0 Å². The average molecular weight is 112 g/mol. The molecule has 1 aliphatic carbocycles. The molecule has 0 amide bonds. The molecule has 0 saturated carbocycles. The highest BCUT2D eigenvalue weighted by atomic mass is 16.5. The zero-order valence-electron chi connectivity index (χ0n) is 5.48. The number of methoxy groups -OCH3 is 1. The van der Waals surface area contributed by atoms with Gasteiger partial charge < -0.3 is 4.74 Å². The van der Waals surface area contributed by atoms with Gasteiger partial charge in [0.15, 0.2) is 0 Å². The summed E-state index contributed by atoms with van der Waals surface area (Å²) in [7, 11) is 1.77. The van der Waals surface area contributed by atoms with Gasteiger partial charge in [0.05, 0.1) is 6.10 Å². The maximum atomic E-state index is 5.16. The van der Waals surface area contributed by atoms with Gasteiger partial charge in [-0.3, -0.25) is 0 Å². The third-order valence-electron chi connectivity index (χ3n) is 1.69. The van der Waals surface area contributed by atoms with Crippen molar-refractivity contribution in [3.63, 3.8) is 0 Å². The largest absolute Gasteiger partial charge is 0.377 e. The summed E-state index contributed by atoms with van der Waals surface area (Å²) < 4.78 is 5.16. The van der Waals surface area contributed by atoms with Crippen molar-refractivity contribution in [2.45, 2.75) is 25.9 Å². The second kappa shape index (κ2) is 2.31. The van der Waals surface area contributed by atoms with Crippen LogP contribution in [0.15, 0.2) is 11.6 Å². The molecule has 1 unspecified atom stereocenters. The van der Waals surface area contributed by atoms with Crippen LogP contribution in [-0.4, -0.2) is 13.2 Å². The van der Waals surface area contributed by atoms with Gasteiger partial charge in [-0.15, -0.1) is 0 Å². The van der Waals surface area contributed by atoms with Crippen LogP contribution in [0.4, 0.5) is 0 Å². The topological polar surface area (TPSA) is 9.23 Å². The van der Waals surface area contributed by atoms with E-state index < -0.39 is 0 Å². The molecule has 1 rings (SSSR count). The van der Waals surface area contributed by atoms with Gasteiger partial charge in [0.1, 0.15) is 0 Å². The van der Waals surface area contributed by atoms with Crippen LogP contribution in [0.1, 0.15) is 19.8 Å².